The highest BCUT2D eigenvalue weighted by atomic mass is 15.3. The van der Waals surface area contributed by atoms with Gasteiger partial charge in [-0.1, -0.05) is 32.0 Å². The minimum Gasteiger partial charge on any atom is -0.263 e. The zero-order valence-corrected chi connectivity index (χ0v) is 10.8. The summed E-state index contributed by atoms with van der Waals surface area (Å²) < 4.78 is 2.17. The highest BCUT2D eigenvalue weighted by Gasteiger charge is 2.22. The van der Waals surface area contributed by atoms with E-state index in [1.54, 1.807) is 0 Å². The van der Waals surface area contributed by atoms with Crippen LogP contribution in [0.3, 0.4) is 0 Å². The van der Waals surface area contributed by atoms with E-state index in [9.17, 15) is 0 Å². The van der Waals surface area contributed by atoms with Crippen molar-refractivity contribution >= 4 is 10.9 Å². The third-order valence-corrected chi connectivity index (χ3v) is 2.80. The van der Waals surface area contributed by atoms with Gasteiger partial charge in [0.15, 0.2) is 0 Å². The molecule has 1 aromatic carbocycles. The van der Waals surface area contributed by atoms with Gasteiger partial charge in [-0.3, -0.25) is 4.68 Å². The second-order valence-corrected chi connectivity index (χ2v) is 5.64. The maximum absolute atomic E-state index is 4.72. The van der Waals surface area contributed by atoms with Crippen LogP contribution in [0.25, 0.3) is 10.9 Å². The highest BCUT2D eigenvalue weighted by molar-refractivity contribution is 5.82. The lowest BCUT2D eigenvalue weighted by Gasteiger charge is -2.24. The zero-order valence-electron chi connectivity index (χ0n) is 10.8. The Bertz CT molecular complexity index is 501. The van der Waals surface area contributed by atoms with Crippen molar-refractivity contribution in [2.24, 2.45) is 0 Å². The minimum absolute atomic E-state index is 0.0403. The molecule has 0 aliphatic carbocycles. The van der Waals surface area contributed by atoms with E-state index in [4.69, 9.17) is 5.10 Å². The number of fused-ring (bicyclic) bond motifs is 1. The standard InChI is InChI=1S/C14H20N2/c1-10(2)13-11-8-6-7-9-12(11)15-16(13)14(3,4)5/h6-10H,1-5H3. The van der Waals surface area contributed by atoms with Gasteiger partial charge < -0.3 is 0 Å². The first-order valence-corrected chi connectivity index (χ1v) is 5.89. The van der Waals surface area contributed by atoms with Gasteiger partial charge in [0.2, 0.25) is 0 Å². The second kappa shape index (κ2) is 3.62. The highest BCUT2D eigenvalue weighted by Crippen LogP contribution is 2.29. The van der Waals surface area contributed by atoms with E-state index >= 15 is 0 Å². The van der Waals surface area contributed by atoms with E-state index in [1.807, 2.05) is 6.07 Å². The van der Waals surface area contributed by atoms with Crippen LogP contribution in [0.4, 0.5) is 0 Å². The molecule has 0 aliphatic heterocycles. The van der Waals surface area contributed by atoms with Gasteiger partial charge in [0.25, 0.3) is 0 Å². The van der Waals surface area contributed by atoms with Crippen molar-refractivity contribution in [3.8, 4) is 0 Å². The fraction of sp³-hybridized carbons (Fsp3) is 0.500. The summed E-state index contributed by atoms with van der Waals surface area (Å²) in [4.78, 5) is 0. The predicted molar refractivity (Wildman–Crippen MR) is 68.8 cm³/mol. The number of rotatable bonds is 1. The van der Waals surface area contributed by atoms with Gasteiger partial charge >= 0.3 is 0 Å². The lowest BCUT2D eigenvalue weighted by Crippen LogP contribution is -2.25. The molecule has 2 nitrogen and oxygen atoms in total. The van der Waals surface area contributed by atoms with E-state index in [0.717, 1.165) is 5.52 Å². The van der Waals surface area contributed by atoms with Gasteiger partial charge in [-0.25, -0.2) is 0 Å². The third-order valence-electron chi connectivity index (χ3n) is 2.80. The maximum atomic E-state index is 4.72. The second-order valence-electron chi connectivity index (χ2n) is 5.64. The molecule has 0 aliphatic rings. The van der Waals surface area contributed by atoms with Crippen LogP contribution >= 0.6 is 0 Å². The Labute approximate surface area is 97.3 Å². The summed E-state index contributed by atoms with van der Waals surface area (Å²) in [5, 5.41) is 6.01. The van der Waals surface area contributed by atoms with Crippen molar-refractivity contribution in [3.63, 3.8) is 0 Å². The summed E-state index contributed by atoms with van der Waals surface area (Å²) in [6, 6.07) is 8.39. The first-order valence-electron chi connectivity index (χ1n) is 5.89. The van der Waals surface area contributed by atoms with Crippen molar-refractivity contribution in [2.75, 3.05) is 0 Å². The molecule has 2 heteroatoms. The molecule has 2 aromatic rings. The molecule has 0 N–H and O–H groups in total. The Morgan fingerprint density at radius 2 is 1.75 bits per heavy atom. The van der Waals surface area contributed by atoms with Crippen LogP contribution in [0.15, 0.2) is 24.3 Å². The monoisotopic (exact) mass is 216 g/mol. The zero-order chi connectivity index (χ0) is 11.9. The molecule has 0 amide bonds. The van der Waals surface area contributed by atoms with E-state index in [0.29, 0.717) is 5.92 Å². The van der Waals surface area contributed by atoms with E-state index < -0.39 is 0 Å². The van der Waals surface area contributed by atoms with Crippen LogP contribution in [-0.2, 0) is 5.54 Å². The average Bonchev–Trinajstić information content (AvgIpc) is 2.55. The molecular weight excluding hydrogens is 196 g/mol. The first kappa shape index (κ1) is 11.2. The summed E-state index contributed by atoms with van der Waals surface area (Å²) in [6.45, 7) is 11.1. The molecule has 0 bridgehead atoms. The molecule has 0 fully saturated rings. The number of aromatic nitrogens is 2. The van der Waals surface area contributed by atoms with Crippen molar-refractivity contribution in [1.29, 1.82) is 0 Å². The Morgan fingerprint density at radius 3 is 2.31 bits per heavy atom. The Hall–Kier alpha value is -1.31. The van der Waals surface area contributed by atoms with Crippen LogP contribution < -0.4 is 0 Å². The molecule has 0 saturated carbocycles. The molecule has 0 radical (unpaired) electrons. The molecule has 0 atom stereocenters. The summed E-state index contributed by atoms with van der Waals surface area (Å²) in [6.07, 6.45) is 0. The van der Waals surface area contributed by atoms with Crippen molar-refractivity contribution in [3.05, 3.63) is 30.0 Å². The molecule has 1 aromatic heterocycles. The summed E-state index contributed by atoms with van der Waals surface area (Å²) in [5.74, 6) is 0.492. The van der Waals surface area contributed by atoms with Crippen LogP contribution in [0, 0.1) is 0 Å². The Balaban J connectivity index is 2.78. The maximum Gasteiger partial charge on any atom is 0.0926 e. The summed E-state index contributed by atoms with van der Waals surface area (Å²) >= 11 is 0. The number of benzene rings is 1. The normalized spacial score (nSPS) is 12.6. The molecule has 2 rings (SSSR count). The van der Waals surface area contributed by atoms with E-state index in [1.165, 1.54) is 11.1 Å². The van der Waals surface area contributed by atoms with Gasteiger partial charge in [0.1, 0.15) is 0 Å². The van der Waals surface area contributed by atoms with Crippen molar-refractivity contribution in [1.82, 2.24) is 9.78 Å². The lowest BCUT2D eigenvalue weighted by molar-refractivity contribution is 0.342. The van der Waals surface area contributed by atoms with Crippen molar-refractivity contribution < 1.29 is 0 Å². The predicted octanol–water partition coefficient (Wildman–Crippen LogP) is 3.91. The topological polar surface area (TPSA) is 17.8 Å². The summed E-state index contributed by atoms with van der Waals surface area (Å²) in [5.41, 5.74) is 2.47. The van der Waals surface area contributed by atoms with E-state index in [-0.39, 0.29) is 5.54 Å². The molecule has 0 unspecified atom stereocenters. The van der Waals surface area contributed by atoms with E-state index in [2.05, 4.69) is 57.5 Å². The van der Waals surface area contributed by atoms with Gasteiger partial charge in [-0.05, 0) is 32.8 Å². The number of hydrogen-bond donors (Lipinski definition) is 0. The molecule has 1 heterocycles. The fourth-order valence-corrected chi connectivity index (χ4v) is 2.12. The quantitative estimate of drug-likeness (QED) is 0.706. The van der Waals surface area contributed by atoms with Crippen LogP contribution in [0.1, 0.15) is 46.2 Å². The average molecular weight is 216 g/mol. The first-order chi connectivity index (χ1) is 7.41. The third kappa shape index (κ3) is 1.73. The molecule has 0 saturated heterocycles. The van der Waals surface area contributed by atoms with Crippen LogP contribution in [0.2, 0.25) is 0 Å². The van der Waals surface area contributed by atoms with Crippen molar-refractivity contribution in [2.45, 2.75) is 46.1 Å². The van der Waals surface area contributed by atoms with Gasteiger partial charge in [0.05, 0.1) is 11.1 Å². The largest absolute Gasteiger partial charge is 0.263 e. The van der Waals surface area contributed by atoms with Crippen LogP contribution in [0.5, 0.6) is 0 Å². The minimum atomic E-state index is 0.0403. The van der Waals surface area contributed by atoms with Gasteiger partial charge in [-0.2, -0.15) is 5.10 Å². The summed E-state index contributed by atoms with van der Waals surface area (Å²) in [7, 11) is 0. The lowest BCUT2D eigenvalue weighted by atomic mass is 10.0. The SMILES string of the molecule is CC(C)c1c2ccccc2nn1C(C)(C)C. The number of nitrogens with zero attached hydrogens (tertiary/aromatic N) is 2. The molecule has 86 valence electrons. The fourth-order valence-electron chi connectivity index (χ4n) is 2.12. The molecular formula is C14H20N2. The Morgan fingerprint density at radius 1 is 1.12 bits per heavy atom. The molecule has 0 spiro atoms. The molecule has 16 heavy (non-hydrogen) atoms. The Kier molecular flexibility index (Phi) is 2.53. The smallest absolute Gasteiger partial charge is 0.0926 e. The van der Waals surface area contributed by atoms with Gasteiger partial charge in [-0.15, -0.1) is 0 Å². The van der Waals surface area contributed by atoms with Gasteiger partial charge in [0, 0.05) is 11.1 Å². The van der Waals surface area contributed by atoms with Crippen LogP contribution in [-0.4, -0.2) is 9.78 Å². The number of hydrogen-bond acceptors (Lipinski definition) is 1.